The van der Waals surface area contributed by atoms with Crippen molar-refractivity contribution in [3.8, 4) is 0 Å². The number of ketones is 2. The second-order valence-electron chi connectivity index (χ2n) is 5.72. The van der Waals surface area contributed by atoms with Crippen molar-refractivity contribution >= 4 is 11.6 Å². The Morgan fingerprint density at radius 1 is 1.04 bits per heavy atom. The first-order valence-corrected chi connectivity index (χ1v) is 9.07. The highest BCUT2D eigenvalue weighted by atomic mass is 16.2. The molecule has 0 spiro atoms. The number of likely N-dealkylation sites (N-methyl/N-ethyl adjacent to an activating group) is 1. The van der Waals surface area contributed by atoms with Gasteiger partial charge < -0.3 is 9.80 Å². The molecule has 0 fully saturated rings. The van der Waals surface area contributed by atoms with Crippen molar-refractivity contribution in [2.45, 2.75) is 60.8 Å². The average molecular weight is 327 g/mol. The van der Waals surface area contributed by atoms with E-state index >= 15 is 0 Å². The molecule has 0 N–H and O–H groups in total. The van der Waals surface area contributed by atoms with Gasteiger partial charge in [0.15, 0.2) is 0 Å². The van der Waals surface area contributed by atoms with Gasteiger partial charge in [-0.3, -0.25) is 9.59 Å². The minimum Gasteiger partial charge on any atom is -0.372 e. The lowest BCUT2D eigenvalue weighted by molar-refractivity contribution is -0.135. The third-order valence-corrected chi connectivity index (χ3v) is 4.07. The molecule has 4 heteroatoms. The lowest BCUT2D eigenvalue weighted by atomic mass is 9.99. The maximum absolute atomic E-state index is 12.0. The van der Waals surface area contributed by atoms with E-state index in [0.717, 1.165) is 39.0 Å². The summed E-state index contributed by atoms with van der Waals surface area (Å²) in [4.78, 5) is 28.1. The van der Waals surface area contributed by atoms with Crippen LogP contribution in [0.1, 0.15) is 60.8 Å². The van der Waals surface area contributed by atoms with Gasteiger partial charge in [-0.1, -0.05) is 54.5 Å². The molecule has 0 bridgehead atoms. The summed E-state index contributed by atoms with van der Waals surface area (Å²) in [6.45, 7) is 19.9. The molecule has 0 aromatic heterocycles. The van der Waals surface area contributed by atoms with E-state index < -0.39 is 5.78 Å². The molecule has 0 amide bonds. The zero-order chi connectivity index (χ0) is 18.4. The number of carbonyl (C=O) groups is 2. The summed E-state index contributed by atoms with van der Waals surface area (Å²) in [5.74, 6) is -0.493. The average Bonchev–Trinajstić information content (AvgIpc) is 2.58. The maximum Gasteiger partial charge on any atom is 0.243 e. The number of Topliss-reactive ketones (excluding diaryl/α,β-unsaturated/α-hetero) is 2. The minimum absolute atomic E-state index is 0.252. The zero-order valence-corrected chi connectivity index (χ0v) is 16.4. The Balaban J connectivity index is 0. The van der Waals surface area contributed by atoms with Crippen LogP contribution >= 0.6 is 0 Å². The van der Waals surface area contributed by atoms with Gasteiger partial charge in [0, 0.05) is 20.0 Å². The van der Waals surface area contributed by atoms with Gasteiger partial charge in [0.05, 0.1) is 5.70 Å². The van der Waals surface area contributed by atoms with Crippen LogP contribution in [0.4, 0.5) is 0 Å². The quantitative estimate of drug-likeness (QED) is 0.404. The van der Waals surface area contributed by atoms with Gasteiger partial charge in [-0.05, 0) is 32.0 Å². The monoisotopic (exact) mass is 326 g/mol. The molecule has 0 heterocycles. The van der Waals surface area contributed by atoms with Crippen molar-refractivity contribution in [3.05, 3.63) is 12.3 Å². The molecule has 4 nitrogen and oxygen atoms in total. The highest BCUT2D eigenvalue weighted by Gasteiger charge is 2.21. The molecule has 0 saturated carbocycles. The predicted octanol–water partition coefficient (Wildman–Crippen LogP) is 3.76. The van der Waals surface area contributed by atoms with Crippen molar-refractivity contribution in [2.75, 3.05) is 33.2 Å². The molecular weight excluding hydrogens is 288 g/mol. The Bertz CT molecular complexity index is 349. The number of hydrogen-bond donors (Lipinski definition) is 0. The Kier molecular flexibility index (Phi) is 15.1. The summed E-state index contributed by atoms with van der Waals surface area (Å²) >= 11 is 0. The first-order valence-electron chi connectivity index (χ1n) is 9.07. The molecule has 0 aromatic rings. The molecule has 136 valence electrons. The molecule has 0 aliphatic heterocycles. The second kappa shape index (κ2) is 14.4. The van der Waals surface area contributed by atoms with Crippen LogP contribution in [0.25, 0.3) is 0 Å². The van der Waals surface area contributed by atoms with Crippen LogP contribution < -0.4 is 0 Å². The first-order chi connectivity index (χ1) is 10.9. The molecular formula is C19H38N2O2. The predicted molar refractivity (Wildman–Crippen MR) is 99.6 cm³/mol. The van der Waals surface area contributed by atoms with E-state index in [-0.39, 0.29) is 11.7 Å². The second-order valence-corrected chi connectivity index (χ2v) is 5.72. The van der Waals surface area contributed by atoms with Crippen LogP contribution in [-0.4, -0.2) is 54.6 Å². The van der Waals surface area contributed by atoms with Crippen molar-refractivity contribution < 1.29 is 9.59 Å². The minimum atomic E-state index is -0.430. The lowest BCUT2D eigenvalue weighted by Crippen LogP contribution is -2.31. The van der Waals surface area contributed by atoms with Gasteiger partial charge in [-0.25, -0.2) is 0 Å². The van der Waals surface area contributed by atoms with Crippen LogP contribution in [0.3, 0.4) is 0 Å². The fraction of sp³-hybridized carbons (Fsp3) is 0.789. The summed E-state index contributed by atoms with van der Waals surface area (Å²) in [5, 5.41) is 0. The number of nitrogens with zero attached hydrogens (tertiary/aromatic N) is 2. The fourth-order valence-corrected chi connectivity index (χ4v) is 2.09. The fourth-order valence-electron chi connectivity index (χ4n) is 2.09. The molecule has 1 atom stereocenters. The topological polar surface area (TPSA) is 40.6 Å². The molecule has 0 rings (SSSR count). The first kappa shape index (κ1) is 24.1. The third kappa shape index (κ3) is 10.3. The van der Waals surface area contributed by atoms with Crippen LogP contribution in [0.15, 0.2) is 12.3 Å². The summed E-state index contributed by atoms with van der Waals surface area (Å²) in [5.41, 5.74) is 0.322. The van der Waals surface area contributed by atoms with E-state index in [1.165, 1.54) is 0 Å². The van der Waals surface area contributed by atoms with E-state index in [9.17, 15) is 9.59 Å². The standard InChI is InChI=1S/C17H32N2O2.C2H6/c1-7-14(4)13-16(20)17(21)15(5)18(6)11-10-12-19(8-2)9-3;1-2/h14H,5,7-13H2,1-4,6H3;1-2H3. The van der Waals surface area contributed by atoms with E-state index in [4.69, 9.17) is 0 Å². The molecule has 0 radical (unpaired) electrons. The van der Waals surface area contributed by atoms with Crippen molar-refractivity contribution in [1.29, 1.82) is 0 Å². The largest absolute Gasteiger partial charge is 0.372 e. The summed E-state index contributed by atoms with van der Waals surface area (Å²) in [6, 6.07) is 0. The highest BCUT2D eigenvalue weighted by Crippen LogP contribution is 2.11. The summed E-state index contributed by atoms with van der Waals surface area (Å²) < 4.78 is 0. The van der Waals surface area contributed by atoms with Gasteiger partial charge in [0.25, 0.3) is 0 Å². The van der Waals surface area contributed by atoms with Crippen LogP contribution in [0, 0.1) is 5.92 Å². The van der Waals surface area contributed by atoms with E-state index in [2.05, 4.69) is 25.3 Å². The molecule has 0 aromatic carbocycles. The normalized spacial score (nSPS) is 11.5. The molecule has 0 aliphatic carbocycles. The molecule has 23 heavy (non-hydrogen) atoms. The van der Waals surface area contributed by atoms with Crippen molar-refractivity contribution in [3.63, 3.8) is 0 Å². The molecule has 1 unspecified atom stereocenters. The van der Waals surface area contributed by atoms with Crippen LogP contribution in [0.2, 0.25) is 0 Å². The van der Waals surface area contributed by atoms with Gasteiger partial charge in [0.2, 0.25) is 11.6 Å². The Morgan fingerprint density at radius 3 is 2.00 bits per heavy atom. The Morgan fingerprint density at radius 2 is 1.57 bits per heavy atom. The molecule has 0 saturated heterocycles. The Hall–Kier alpha value is -1.16. The maximum atomic E-state index is 12.0. The highest BCUT2D eigenvalue weighted by molar-refractivity contribution is 6.43. The van der Waals surface area contributed by atoms with Crippen LogP contribution in [-0.2, 0) is 9.59 Å². The van der Waals surface area contributed by atoms with E-state index in [0.29, 0.717) is 12.1 Å². The Labute approximate surface area is 143 Å². The summed E-state index contributed by atoms with van der Waals surface area (Å²) in [6.07, 6.45) is 2.19. The summed E-state index contributed by atoms with van der Waals surface area (Å²) in [7, 11) is 1.83. The number of hydrogen-bond acceptors (Lipinski definition) is 4. The van der Waals surface area contributed by atoms with Crippen molar-refractivity contribution in [2.24, 2.45) is 5.92 Å². The van der Waals surface area contributed by atoms with Gasteiger partial charge in [-0.2, -0.15) is 0 Å². The van der Waals surface area contributed by atoms with Gasteiger partial charge in [-0.15, -0.1) is 0 Å². The number of carbonyl (C=O) groups excluding carboxylic acids is 2. The van der Waals surface area contributed by atoms with E-state index in [1.807, 2.05) is 34.7 Å². The number of rotatable bonds is 12. The number of allylic oxidation sites excluding steroid dienone is 1. The SMILES string of the molecule is C=C(C(=O)C(=O)CC(C)CC)N(C)CCCN(CC)CC.CC. The molecule has 0 aliphatic rings. The third-order valence-electron chi connectivity index (χ3n) is 4.07. The zero-order valence-electron chi connectivity index (χ0n) is 16.4. The van der Waals surface area contributed by atoms with Crippen molar-refractivity contribution in [1.82, 2.24) is 9.80 Å². The van der Waals surface area contributed by atoms with E-state index in [1.54, 1.807) is 4.90 Å². The van der Waals surface area contributed by atoms with Crippen LogP contribution in [0.5, 0.6) is 0 Å². The van der Waals surface area contributed by atoms with Gasteiger partial charge >= 0.3 is 0 Å². The smallest absolute Gasteiger partial charge is 0.243 e. The van der Waals surface area contributed by atoms with Gasteiger partial charge in [0.1, 0.15) is 0 Å². The lowest BCUT2D eigenvalue weighted by Gasteiger charge is -2.23.